The van der Waals surface area contributed by atoms with E-state index in [0.29, 0.717) is 41.4 Å². The number of fused-ring (bicyclic) bond motifs is 1. The van der Waals surface area contributed by atoms with Crippen LogP contribution in [0, 0.1) is 11.8 Å². The highest BCUT2D eigenvalue weighted by Gasteiger charge is 2.29. The lowest BCUT2D eigenvalue weighted by atomic mass is 10.2. The Morgan fingerprint density at radius 2 is 2.13 bits per heavy atom. The Balaban J connectivity index is 1.75. The molecule has 4 rings (SSSR count). The Kier molecular flexibility index (Phi) is 5.36. The van der Waals surface area contributed by atoms with E-state index in [2.05, 4.69) is 43.5 Å². The van der Waals surface area contributed by atoms with Gasteiger partial charge in [0.05, 0.1) is 25.6 Å². The lowest BCUT2D eigenvalue weighted by molar-refractivity contribution is -0.125. The number of carbonyl (C=O) groups is 1. The minimum Gasteiger partial charge on any atom is -0.481 e. The van der Waals surface area contributed by atoms with E-state index < -0.39 is 0 Å². The van der Waals surface area contributed by atoms with Gasteiger partial charge >= 0.3 is 6.01 Å². The maximum absolute atomic E-state index is 12.0. The highest BCUT2D eigenvalue weighted by atomic mass is 16.5. The molecule has 0 bridgehead atoms. The fraction of sp³-hybridized carbons (Fsp3) is 0.300. The number of carbonyl (C=O) groups excluding carboxylic acids is 1. The summed E-state index contributed by atoms with van der Waals surface area (Å²) < 4.78 is 12.0. The third-order valence-corrected chi connectivity index (χ3v) is 4.90. The van der Waals surface area contributed by atoms with Gasteiger partial charge in [0.1, 0.15) is 23.5 Å². The predicted octanol–water partition coefficient (Wildman–Crippen LogP) is 0.575. The molecule has 11 nitrogen and oxygen atoms in total. The van der Waals surface area contributed by atoms with Crippen molar-refractivity contribution >= 4 is 22.8 Å². The van der Waals surface area contributed by atoms with E-state index in [1.807, 2.05) is 0 Å². The first-order chi connectivity index (χ1) is 15.0. The van der Waals surface area contributed by atoms with Gasteiger partial charge in [0, 0.05) is 19.2 Å². The van der Waals surface area contributed by atoms with Gasteiger partial charge in [-0.2, -0.15) is 15.1 Å². The van der Waals surface area contributed by atoms with Crippen LogP contribution in [0.3, 0.4) is 0 Å². The van der Waals surface area contributed by atoms with E-state index in [0.717, 1.165) is 6.42 Å². The smallest absolute Gasteiger partial charge is 0.320 e. The van der Waals surface area contributed by atoms with E-state index in [-0.39, 0.29) is 23.8 Å². The molecule has 1 aliphatic rings. The molecule has 1 atom stereocenters. The zero-order valence-corrected chi connectivity index (χ0v) is 17.1. The Bertz CT molecular complexity index is 1200. The Morgan fingerprint density at radius 3 is 2.87 bits per heavy atom. The zero-order chi connectivity index (χ0) is 22.0. The Morgan fingerprint density at radius 1 is 1.29 bits per heavy atom. The maximum atomic E-state index is 12.0. The van der Waals surface area contributed by atoms with Gasteiger partial charge in [-0.1, -0.05) is 6.58 Å². The van der Waals surface area contributed by atoms with E-state index in [1.165, 1.54) is 26.6 Å². The van der Waals surface area contributed by atoms with Crippen LogP contribution in [0.25, 0.3) is 11.0 Å². The number of anilines is 1. The summed E-state index contributed by atoms with van der Waals surface area (Å²) in [7, 11) is 2.95. The van der Waals surface area contributed by atoms with Gasteiger partial charge in [-0.15, -0.1) is 0 Å². The van der Waals surface area contributed by atoms with Crippen LogP contribution in [0.2, 0.25) is 0 Å². The number of rotatable bonds is 4. The van der Waals surface area contributed by atoms with E-state index in [4.69, 9.17) is 15.2 Å². The summed E-state index contributed by atoms with van der Waals surface area (Å²) in [5.74, 6) is 6.43. The topological polar surface area (TPSA) is 134 Å². The largest absolute Gasteiger partial charge is 0.481 e. The van der Waals surface area contributed by atoms with Crippen LogP contribution in [0.5, 0.6) is 11.9 Å². The van der Waals surface area contributed by atoms with Crippen molar-refractivity contribution in [2.75, 3.05) is 33.0 Å². The molecule has 1 aliphatic heterocycles. The fourth-order valence-corrected chi connectivity index (χ4v) is 3.40. The Labute approximate surface area is 177 Å². The molecule has 1 saturated heterocycles. The van der Waals surface area contributed by atoms with E-state index in [1.54, 1.807) is 15.6 Å². The fourth-order valence-electron chi connectivity index (χ4n) is 3.40. The van der Waals surface area contributed by atoms with Crippen molar-refractivity contribution in [1.82, 2.24) is 34.6 Å². The third-order valence-electron chi connectivity index (χ3n) is 4.90. The first-order valence-electron chi connectivity index (χ1n) is 9.43. The van der Waals surface area contributed by atoms with Crippen molar-refractivity contribution in [3.8, 4) is 23.7 Å². The monoisotopic (exact) mass is 420 g/mol. The molecule has 1 unspecified atom stereocenters. The van der Waals surface area contributed by atoms with Crippen LogP contribution in [0.15, 0.2) is 25.0 Å². The molecule has 4 heterocycles. The molecule has 0 spiro atoms. The third kappa shape index (κ3) is 3.83. The lowest BCUT2D eigenvalue weighted by Crippen LogP contribution is -2.27. The second-order valence-corrected chi connectivity index (χ2v) is 6.71. The summed E-state index contributed by atoms with van der Waals surface area (Å²) in [6.45, 7) is 4.66. The van der Waals surface area contributed by atoms with Gasteiger partial charge in [-0.05, 0) is 24.3 Å². The molecular weight excluding hydrogens is 400 g/mol. The van der Waals surface area contributed by atoms with Crippen LogP contribution >= 0.6 is 0 Å². The van der Waals surface area contributed by atoms with Crippen LogP contribution in [-0.2, 0) is 4.79 Å². The number of nitrogen functional groups attached to an aromatic ring is 1. The number of aromatic nitrogens is 6. The summed E-state index contributed by atoms with van der Waals surface area (Å²) in [6.07, 6.45) is 3.42. The van der Waals surface area contributed by atoms with Crippen molar-refractivity contribution in [2.45, 2.75) is 12.5 Å². The van der Waals surface area contributed by atoms with Gasteiger partial charge in [-0.3, -0.25) is 4.79 Å². The highest BCUT2D eigenvalue weighted by molar-refractivity contribution is 5.91. The summed E-state index contributed by atoms with van der Waals surface area (Å²) in [5, 5.41) is 5.20. The van der Waals surface area contributed by atoms with Crippen molar-refractivity contribution in [3.63, 3.8) is 0 Å². The van der Waals surface area contributed by atoms with Crippen molar-refractivity contribution in [2.24, 2.45) is 0 Å². The molecule has 0 aromatic carbocycles. The molecule has 31 heavy (non-hydrogen) atoms. The van der Waals surface area contributed by atoms with Gasteiger partial charge in [0.2, 0.25) is 11.8 Å². The molecule has 11 heteroatoms. The summed E-state index contributed by atoms with van der Waals surface area (Å²) >= 11 is 0. The first-order valence-corrected chi connectivity index (χ1v) is 9.43. The first kappa shape index (κ1) is 20.1. The molecule has 2 N–H and O–H groups in total. The summed E-state index contributed by atoms with van der Waals surface area (Å²) in [6, 6.07) is 1.67. The van der Waals surface area contributed by atoms with Crippen LogP contribution in [0.4, 0.5) is 5.82 Å². The number of nitrogens with two attached hydrogens (primary N) is 1. The quantitative estimate of drug-likeness (QED) is 0.475. The molecule has 1 amide bonds. The number of ether oxygens (including phenoxy) is 2. The van der Waals surface area contributed by atoms with Gasteiger partial charge in [0.15, 0.2) is 5.65 Å². The second-order valence-electron chi connectivity index (χ2n) is 6.71. The molecule has 0 aliphatic carbocycles. The molecular formula is C20H20N8O3. The molecule has 1 fully saturated rings. The van der Waals surface area contributed by atoms with Crippen molar-refractivity contribution < 1.29 is 14.3 Å². The standard InChI is InChI=1S/C20H20N8O3/c1-4-16(29)27-8-7-13(10-27)28-19-17(18(21)22-11-23-19)14(26-28)6-5-12-9-15(30-2)25-20(24-12)31-3/h4,9,11,13H,1,7-8,10H2,2-3H3,(H2,21,22,23). The number of amides is 1. The van der Waals surface area contributed by atoms with Crippen molar-refractivity contribution in [3.05, 3.63) is 36.4 Å². The van der Waals surface area contributed by atoms with Crippen LogP contribution in [-0.4, -0.2) is 67.8 Å². The van der Waals surface area contributed by atoms with Gasteiger partial charge in [-0.25, -0.2) is 14.6 Å². The minimum absolute atomic E-state index is 0.0597. The number of methoxy groups -OCH3 is 2. The SMILES string of the molecule is C=CC(=O)N1CCC(n2nc(C#Cc3cc(OC)nc(OC)n3)c3c(N)ncnc32)C1. The number of likely N-dealkylation sites (tertiary alicyclic amines) is 1. The summed E-state index contributed by atoms with van der Waals surface area (Å²) in [4.78, 5) is 30.4. The van der Waals surface area contributed by atoms with Crippen LogP contribution < -0.4 is 15.2 Å². The minimum atomic E-state index is -0.111. The predicted molar refractivity (Wildman–Crippen MR) is 111 cm³/mol. The Hall–Kier alpha value is -4.20. The molecule has 0 saturated carbocycles. The maximum Gasteiger partial charge on any atom is 0.320 e. The number of hydrogen-bond donors (Lipinski definition) is 1. The molecule has 3 aromatic rings. The molecule has 0 radical (unpaired) electrons. The van der Waals surface area contributed by atoms with Gasteiger partial charge < -0.3 is 20.1 Å². The normalized spacial score (nSPS) is 15.4. The average Bonchev–Trinajstić information content (AvgIpc) is 3.42. The number of hydrogen-bond acceptors (Lipinski definition) is 9. The summed E-state index contributed by atoms with van der Waals surface area (Å²) in [5.41, 5.74) is 7.48. The van der Waals surface area contributed by atoms with Crippen molar-refractivity contribution in [1.29, 1.82) is 0 Å². The van der Waals surface area contributed by atoms with Crippen LogP contribution in [0.1, 0.15) is 23.9 Å². The molecule has 158 valence electrons. The molecule has 3 aromatic heterocycles. The van der Waals surface area contributed by atoms with E-state index >= 15 is 0 Å². The van der Waals surface area contributed by atoms with E-state index in [9.17, 15) is 4.79 Å². The van der Waals surface area contributed by atoms with Gasteiger partial charge in [0.25, 0.3) is 0 Å². The average molecular weight is 420 g/mol. The zero-order valence-electron chi connectivity index (χ0n) is 17.1. The lowest BCUT2D eigenvalue weighted by Gasteiger charge is -2.14. The second kappa shape index (κ2) is 8.27. The highest BCUT2D eigenvalue weighted by Crippen LogP contribution is 2.28. The number of nitrogens with zero attached hydrogens (tertiary/aromatic N) is 7.